The fourth-order valence-electron chi connectivity index (χ4n) is 2.96. The van der Waals surface area contributed by atoms with E-state index >= 15 is 0 Å². The number of nitrogens with zero attached hydrogens (tertiary/aromatic N) is 3. The molecule has 3 aromatic rings. The smallest absolute Gasteiger partial charge is 0.257 e. The quantitative estimate of drug-likeness (QED) is 0.694. The van der Waals surface area contributed by atoms with Gasteiger partial charge in [0.25, 0.3) is 5.91 Å². The number of carbonyl (C=O) groups excluding carboxylic acids is 2. The van der Waals surface area contributed by atoms with Crippen LogP contribution in [0.25, 0.3) is 0 Å². The van der Waals surface area contributed by atoms with Gasteiger partial charge in [0, 0.05) is 35.2 Å². The van der Waals surface area contributed by atoms with Gasteiger partial charge in [-0.05, 0) is 48.5 Å². The van der Waals surface area contributed by atoms with Crippen LogP contribution in [0.15, 0.2) is 48.5 Å². The maximum atomic E-state index is 13.0. The normalized spacial score (nSPS) is 16.4. The van der Waals surface area contributed by atoms with E-state index < -0.39 is 11.7 Å². The van der Waals surface area contributed by atoms with Gasteiger partial charge in [-0.1, -0.05) is 22.9 Å². The molecule has 2 heterocycles. The predicted molar refractivity (Wildman–Crippen MR) is 105 cm³/mol. The summed E-state index contributed by atoms with van der Waals surface area (Å²) in [7, 11) is 0. The Bertz CT molecular complexity index is 1020. The van der Waals surface area contributed by atoms with Gasteiger partial charge in [-0.3, -0.25) is 14.9 Å². The number of amides is 2. The molecule has 0 spiro atoms. The monoisotopic (exact) mass is 416 g/mol. The number of benzene rings is 2. The molecule has 4 rings (SSSR count). The highest BCUT2D eigenvalue weighted by Gasteiger charge is 2.34. The Morgan fingerprint density at radius 3 is 2.57 bits per heavy atom. The molecule has 1 aliphatic heterocycles. The van der Waals surface area contributed by atoms with Crippen molar-refractivity contribution in [1.29, 1.82) is 0 Å². The molecule has 1 atom stereocenters. The van der Waals surface area contributed by atoms with E-state index in [0.29, 0.717) is 33.7 Å². The molecular weight excluding hydrogens is 403 g/mol. The lowest BCUT2D eigenvalue weighted by Crippen LogP contribution is -2.24. The lowest BCUT2D eigenvalue weighted by Gasteiger charge is -2.16. The summed E-state index contributed by atoms with van der Waals surface area (Å²) < 4.78 is 13.0. The molecule has 0 unspecified atom stereocenters. The van der Waals surface area contributed by atoms with Crippen molar-refractivity contribution < 1.29 is 14.0 Å². The van der Waals surface area contributed by atoms with Crippen LogP contribution in [-0.4, -0.2) is 28.6 Å². The highest BCUT2D eigenvalue weighted by molar-refractivity contribution is 7.15. The summed E-state index contributed by atoms with van der Waals surface area (Å²) in [4.78, 5) is 26.3. The molecular formula is C19H14ClFN4O2S. The molecule has 0 bridgehead atoms. The third kappa shape index (κ3) is 3.88. The molecule has 9 heteroatoms. The van der Waals surface area contributed by atoms with Crippen LogP contribution in [0, 0.1) is 5.82 Å². The first-order chi connectivity index (χ1) is 13.5. The van der Waals surface area contributed by atoms with Crippen molar-refractivity contribution in [1.82, 2.24) is 10.2 Å². The highest BCUT2D eigenvalue weighted by Crippen LogP contribution is 2.34. The van der Waals surface area contributed by atoms with Gasteiger partial charge in [-0.25, -0.2) is 4.39 Å². The zero-order valence-electron chi connectivity index (χ0n) is 14.4. The van der Waals surface area contributed by atoms with E-state index in [-0.39, 0.29) is 11.8 Å². The third-order valence-electron chi connectivity index (χ3n) is 4.38. The van der Waals surface area contributed by atoms with Crippen molar-refractivity contribution in [2.75, 3.05) is 16.8 Å². The van der Waals surface area contributed by atoms with Gasteiger partial charge in [-0.15, -0.1) is 10.2 Å². The van der Waals surface area contributed by atoms with Crippen molar-refractivity contribution in [2.24, 2.45) is 0 Å². The number of rotatable bonds is 4. The molecule has 1 saturated heterocycles. The third-order valence-corrected chi connectivity index (χ3v) is 5.63. The number of hydrogen-bond acceptors (Lipinski definition) is 5. The number of carbonyl (C=O) groups is 2. The van der Waals surface area contributed by atoms with Gasteiger partial charge >= 0.3 is 0 Å². The van der Waals surface area contributed by atoms with Crippen LogP contribution in [0.2, 0.25) is 5.02 Å². The average molecular weight is 417 g/mol. The minimum absolute atomic E-state index is 0.000537. The van der Waals surface area contributed by atoms with Gasteiger partial charge in [0.15, 0.2) is 0 Å². The number of nitrogens with one attached hydrogen (secondary N) is 1. The molecule has 0 saturated carbocycles. The van der Waals surface area contributed by atoms with Crippen molar-refractivity contribution in [2.45, 2.75) is 12.3 Å². The number of hydrogen-bond donors (Lipinski definition) is 1. The first-order valence-electron chi connectivity index (χ1n) is 8.46. The molecule has 1 aliphatic rings. The number of anilines is 2. The maximum absolute atomic E-state index is 13.0. The second kappa shape index (κ2) is 7.65. The van der Waals surface area contributed by atoms with E-state index in [9.17, 15) is 14.0 Å². The summed E-state index contributed by atoms with van der Waals surface area (Å²) in [6.45, 7) is 0.487. The fraction of sp³-hybridized carbons (Fsp3) is 0.158. The molecule has 6 nitrogen and oxygen atoms in total. The van der Waals surface area contributed by atoms with Crippen LogP contribution in [0.1, 0.15) is 27.7 Å². The summed E-state index contributed by atoms with van der Waals surface area (Å²) in [6.07, 6.45) is 0.323. The Morgan fingerprint density at radius 1 is 1.14 bits per heavy atom. The summed E-state index contributed by atoms with van der Waals surface area (Å²) in [5, 5.41) is 12.4. The zero-order valence-corrected chi connectivity index (χ0v) is 16.0. The summed E-state index contributed by atoms with van der Waals surface area (Å²) in [5.74, 6) is -0.907. The van der Waals surface area contributed by atoms with Gasteiger partial charge in [0.05, 0.1) is 0 Å². The standard InChI is InChI=1S/C19H14ClFN4O2S/c20-13-3-7-15(8-4-13)25-10-12(9-16(25)26)18-23-24-19(28-18)22-17(27)11-1-5-14(21)6-2-11/h1-8,12H,9-10H2,(H,22,24,27)/t12-/m0/s1. The van der Waals surface area contributed by atoms with Crippen molar-refractivity contribution in [3.63, 3.8) is 0 Å². The van der Waals surface area contributed by atoms with Crippen LogP contribution in [0.5, 0.6) is 0 Å². The zero-order chi connectivity index (χ0) is 19.7. The van der Waals surface area contributed by atoms with E-state index in [1.165, 1.54) is 35.6 Å². The molecule has 2 aromatic carbocycles. The van der Waals surface area contributed by atoms with Gasteiger partial charge < -0.3 is 4.90 Å². The van der Waals surface area contributed by atoms with Crippen LogP contribution in [0.4, 0.5) is 15.2 Å². The van der Waals surface area contributed by atoms with Crippen LogP contribution in [0.3, 0.4) is 0 Å². The first-order valence-corrected chi connectivity index (χ1v) is 9.65. The summed E-state index contributed by atoms with van der Waals surface area (Å²) in [5.41, 5.74) is 1.11. The van der Waals surface area contributed by atoms with E-state index in [4.69, 9.17) is 11.6 Å². The summed E-state index contributed by atoms with van der Waals surface area (Å²) >= 11 is 7.13. The first kappa shape index (κ1) is 18.5. The van der Waals surface area contributed by atoms with Crippen LogP contribution < -0.4 is 10.2 Å². The van der Waals surface area contributed by atoms with Crippen molar-refractivity contribution in [3.8, 4) is 0 Å². The van der Waals surface area contributed by atoms with Crippen LogP contribution >= 0.6 is 22.9 Å². The predicted octanol–water partition coefficient (Wildman–Crippen LogP) is 4.10. The van der Waals surface area contributed by atoms with E-state index in [2.05, 4.69) is 15.5 Å². The largest absolute Gasteiger partial charge is 0.312 e. The van der Waals surface area contributed by atoms with Crippen LogP contribution in [-0.2, 0) is 4.79 Å². The highest BCUT2D eigenvalue weighted by atomic mass is 35.5. The molecule has 2 amide bonds. The number of aromatic nitrogens is 2. The maximum Gasteiger partial charge on any atom is 0.257 e. The van der Waals surface area contributed by atoms with E-state index in [0.717, 1.165) is 5.69 Å². The van der Waals surface area contributed by atoms with Crippen molar-refractivity contribution in [3.05, 3.63) is 69.9 Å². The molecule has 1 fully saturated rings. The minimum atomic E-state index is -0.411. The molecule has 1 aromatic heterocycles. The van der Waals surface area contributed by atoms with E-state index in [1.807, 2.05) is 0 Å². The number of halogens is 2. The minimum Gasteiger partial charge on any atom is -0.312 e. The van der Waals surface area contributed by atoms with Gasteiger partial charge in [0.1, 0.15) is 10.8 Å². The Kier molecular flexibility index (Phi) is 5.06. The molecule has 1 N–H and O–H groups in total. The van der Waals surface area contributed by atoms with Crippen molar-refractivity contribution >= 4 is 45.6 Å². The van der Waals surface area contributed by atoms with E-state index in [1.54, 1.807) is 29.2 Å². The molecule has 0 aliphatic carbocycles. The Morgan fingerprint density at radius 2 is 1.86 bits per heavy atom. The second-order valence-corrected chi connectivity index (χ2v) is 7.73. The Hall–Kier alpha value is -2.84. The average Bonchev–Trinajstić information content (AvgIpc) is 3.29. The Balaban J connectivity index is 1.44. The molecule has 0 radical (unpaired) electrons. The second-order valence-electron chi connectivity index (χ2n) is 6.29. The lowest BCUT2D eigenvalue weighted by atomic mass is 10.1. The lowest BCUT2D eigenvalue weighted by molar-refractivity contribution is -0.117. The fourth-order valence-corrected chi connectivity index (χ4v) is 3.92. The topological polar surface area (TPSA) is 75.2 Å². The Labute approximate surface area is 169 Å². The van der Waals surface area contributed by atoms with Gasteiger partial charge in [-0.2, -0.15) is 0 Å². The molecule has 28 heavy (non-hydrogen) atoms. The van der Waals surface area contributed by atoms with Gasteiger partial charge in [0.2, 0.25) is 11.0 Å². The summed E-state index contributed by atoms with van der Waals surface area (Å²) in [6, 6.07) is 12.3. The molecule has 142 valence electrons. The SMILES string of the molecule is O=C(Nc1nnc([C@H]2CC(=O)N(c3ccc(Cl)cc3)C2)s1)c1ccc(F)cc1.